The number of allylic oxidation sites excluding steroid dienone is 1. The van der Waals surface area contributed by atoms with E-state index in [-0.39, 0.29) is 6.17 Å². The maximum Gasteiger partial charge on any atom is 0.147 e. The first-order chi connectivity index (χ1) is 4.47. The molecule has 3 nitrogen and oxygen atoms in total. The average Bonchev–Trinajstić information content (AvgIpc) is 2.33. The van der Waals surface area contributed by atoms with Crippen LogP contribution in [0.25, 0.3) is 0 Å². The molecule has 9 heavy (non-hydrogen) atoms. The van der Waals surface area contributed by atoms with Gasteiger partial charge in [0.15, 0.2) is 0 Å². The van der Waals surface area contributed by atoms with Gasteiger partial charge in [-0.2, -0.15) is 5.10 Å². The minimum Gasteiger partial charge on any atom is -0.266 e. The van der Waals surface area contributed by atoms with Crippen molar-refractivity contribution in [3.63, 3.8) is 0 Å². The topological polar surface area (TPSA) is 28.0 Å². The van der Waals surface area contributed by atoms with E-state index in [1.165, 1.54) is 0 Å². The van der Waals surface area contributed by atoms with Gasteiger partial charge in [-0.05, 0) is 6.08 Å². The van der Waals surface area contributed by atoms with E-state index in [2.05, 4.69) is 16.3 Å². The highest BCUT2D eigenvalue weighted by atomic mass is 15.5. The first-order valence-electron chi connectivity index (χ1n) is 2.88. The summed E-state index contributed by atoms with van der Waals surface area (Å²) < 4.78 is 0. The second-order valence-electron chi connectivity index (χ2n) is 1.96. The number of hydrogen-bond acceptors (Lipinski definition) is 3. The van der Waals surface area contributed by atoms with Crippen LogP contribution in [0, 0.1) is 0 Å². The van der Waals surface area contributed by atoms with Crippen LogP contribution in [0.4, 0.5) is 0 Å². The summed E-state index contributed by atoms with van der Waals surface area (Å²) in [5.41, 5.74) is 0. The van der Waals surface area contributed by atoms with Gasteiger partial charge in [-0.1, -0.05) is 0 Å². The van der Waals surface area contributed by atoms with Crippen molar-refractivity contribution in [3.05, 3.63) is 12.3 Å². The summed E-state index contributed by atoms with van der Waals surface area (Å²) in [6.45, 7) is 0. The average molecular weight is 120 g/mol. The fraction of sp³-hybridized carbons (Fsp3) is 0.333. The molecule has 0 amide bonds. The molecule has 45 valence electrons. The van der Waals surface area contributed by atoms with Gasteiger partial charge in [0.05, 0.1) is 6.21 Å². The molecule has 1 unspecified atom stereocenters. The van der Waals surface area contributed by atoms with Gasteiger partial charge in [-0.3, -0.25) is 4.99 Å². The van der Waals surface area contributed by atoms with Crippen LogP contribution < -0.4 is 0 Å². The number of aliphatic imine (C=N–C) groups is 1. The van der Waals surface area contributed by atoms with E-state index in [9.17, 15) is 0 Å². The van der Waals surface area contributed by atoms with Gasteiger partial charge < -0.3 is 0 Å². The van der Waals surface area contributed by atoms with E-state index >= 15 is 0 Å². The zero-order valence-electron chi connectivity index (χ0n) is 4.86. The summed E-state index contributed by atoms with van der Waals surface area (Å²) in [5, 5.41) is 5.75. The molecule has 2 aliphatic heterocycles. The van der Waals surface area contributed by atoms with Crippen molar-refractivity contribution in [1.29, 1.82) is 0 Å². The number of nitrogens with zero attached hydrogens (tertiary/aromatic N) is 3. The van der Waals surface area contributed by atoms with E-state index in [1.54, 1.807) is 11.2 Å². The Bertz CT molecular complexity index is 192. The van der Waals surface area contributed by atoms with Crippen LogP contribution >= 0.6 is 0 Å². The smallest absolute Gasteiger partial charge is 0.147 e. The highest BCUT2D eigenvalue weighted by Gasteiger charge is 2.18. The maximum absolute atomic E-state index is 4.15. The first kappa shape index (κ1) is 4.73. The van der Waals surface area contributed by atoms with Gasteiger partial charge in [0, 0.05) is 18.8 Å². The number of rotatable bonds is 0. The second-order valence-corrected chi connectivity index (χ2v) is 1.96. The third-order valence-electron chi connectivity index (χ3n) is 1.35. The third kappa shape index (κ3) is 0.650. The predicted octanol–water partition coefficient (Wildman–Crippen LogP) is 0.479. The zero-order chi connectivity index (χ0) is 6.10. The molecule has 2 rings (SSSR count). The van der Waals surface area contributed by atoms with Crippen molar-refractivity contribution in [2.24, 2.45) is 10.1 Å². The molecule has 0 spiro atoms. The van der Waals surface area contributed by atoms with E-state index < -0.39 is 0 Å². The number of hydrogen-bond donors (Lipinski definition) is 0. The van der Waals surface area contributed by atoms with E-state index in [0.717, 1.165) is 6.42 Å². The van der Waals surface area contributed by atoms with Crippen molar-refractivity contribution < 1.29 is 0 Å². The van der Waals surface area contributed by atoms with Crippen molar-refractivity contribution in [2.45, 2.75) is 12.6 Å². The van der Waals surface area contributed by atoms with Crippen LogP contribution in [0.1, 0.15) is 6.42 Å². The SMILES string of the molecule is [C]1=NN2C=CC=NC2C1. The fourth-order valence-corrected chi connectivity index (χ4v) is 0.894. The number of hydrazone groups is 1. The lowest BCUT2D eigenvalue weighted by Crippen LogP contribution is -2.21. The molecule has 0 aliphatic carbocycles. The summed E-state index contributed by atoms with van der Waals surface area (Å²) in [4.78, 5) is 4.15. The Labute approximate surface area is 53.4 Å². The molecule has 0 aromatic heterocycles. The standard InChI is InChI=1S/C6H6N3/c1-3-7-6-2-4-8-9(6)5-1/h1,3,5-6H,2H2. The van der Waals surface area contributed by atoms with Gasteiger partial charge in [-0.15, -0.1) is 0 Å². The van der Waals surface area contributed by atoms with Gasteiger partial charge in [0.25, 0.3) is 0 Å². The quantitative estimate of drug-likeness (QED) is 0.457. The summed E-state index contributed by atoms with van der Waals surface area (Å²) in [5.74, 6) is 0. The summed E-state index contributed by atoms with van der Waals surface area (Å²) in [7, 11) is 0. The zero-order valence-corrected chi connectivity index (χ0v) is 4.86. The predicted molar refractivity (Wildman–Crippen MR) is 35.3 cm³/mol. The maximum atomic E-state index is 4.15. The van der Waals surface area contributed by atoms with Gasteiger partial charge in [0.2, 0.25) is 0 Å². The fourth-order valence-electron chi connectivity index (χ4n) is 0.894. The molecule has 2 heterocycles. The molecule has 0 aromatic rings. The molecule has 1 radical (unpaired) electrons. The van der Waals surface area contributed by atoms with E-state index in [4.69, 9.17) is 0 Å². The number of fused-ring (bicyclic) bond motifs is 1. The van der Waals surface area contributed by atoms with Crippen molar-refractivity contribution >= 4 is 12.4 Å². The molecule has 0 N–H and O–H groups in total. The first-order valence-corrected chi connectivity index (χ1v) is 2.88. The van der Waals surface area contributed by atoms with Gasteiger partial charge in [-0.25, -0.2) is 5.01 Å². The van der Waals surface area contributed by atoms with Crippen molar-refractivity contribution in [3.8, 4) is 0 Å². The highest BCUT2D eigenvalue weighted by molar-refractivity contribution is 5.73. The Balaban J connectivity index is 2.25. The lowest BCUT2D eigenvalue weighted by molar-refractivity contribution is 0.329. The normalized spacial score (nSPS) is 29.3. The molecule has 3 heteroatoms. The van der Waals surface area contributed by atoms with E-state index in [0.29, 0.717) is 0 Å². The summed E-state index contributed by atoms with van der Waals surface area (Å²) >= 11 is 0. The Hall–Kier alpha value is -1.12. The Kier molecular flexibility index (Phi) is 0.886. The lowest BCUT2D eigenvalue weighted by atomic mass is 10.3. The highest BCUT2D eigenvalue weighted by Crippen LogP contribution is 2.13. The minimum atomic E-state index is 0.204. The Morgan fingerprint density at radius 3 is 3.56 bits per heavy atom. The van der Waals surface area contributed by atoms with Crippen molar-refractivity contribution in [2.75, 3.05) is 0 Å². The molecular formula is C6H6N3. The summed E-state index contributed by atoms with van der Waals surface area (Å²) in [6.07, 6.45) is 9.44. The van der Waals surface area contributed by atoms with Crippen LogP contribution in [-0.4, -0.2) is 23.6 Å². The van der Waals surface area contributed by atoms with Crippen LogP contribution in [0.15, 0.2) is 22.4 Å². The van der Waals surface area contributed by atoms with Crippen LogP contribution in [0.2, 0.25) is 0 Å². The monoisotopic (exact) mass is 120 g/mol. The molecule has 0 fully saturated rings. The molecule has 1 atom stereocenters. The van der Waals surface area contributed by atoms with Crippen LogP contribution in [0.5, 0.6) is 0 Å². The van der Waals surface area contributed by atoms with Crippen LogP contribution in [-0.2, 0) is 0 Å². The van der Waals surface area contributed by atoms with Gasteiger partial charge >= 0.3 is 0 Å². The molecule has 0 aromatic carbocycles. The third-order valence-corrected chi connectivity index (χ3v) is 1.35. The van der Waals surface area contributed by atoms with Crippen LogP contribution in [0.3, 0.4) is 0 Å². The minimum absolute atomic E-state index is 0.204. The lowest BCUT2D eigenvalue weighted by Gasteiger charge is -2.16. The second kappa shape index (κ2) is 1.69. The van der Waals surface area contributed by atoms with E-state index in [1.807, 2.05) is 12.3 Å². The Morgan fingerprint density at radius 2 is 2.67 bits per heavy atom. The Morgan fingerprint density at radius 1 is 1.67 bits per heavy atom. The van der Waals surface area contributed by atoms with Crippen molar-refractivity contribution in [1.82, 2.24) is 5.01 Å². The largest absolute Gasteiger partial charge is 0.266 e. The molecule has 0 saturated carbocycles. The molecular weight excluding hydrogens is 114 g/mol. The molecule has 2 aliphatic rings. The molecule has 0 saturated heterocycles. The molecule has 0 bridgehead atoms. The van der Waals surface area contributed by atoms with Gasteiger partial charge in [0.1, 0.15) is 6.17 Å². The summed E-state index contributed by atoms with van der Waals surface area (Å²) in [6, 6.07) is 0.